The van der Waals surface area contributed by atoms with Crippen molar-refractivity contribution >= 4 is 29.6 Å². The number of benzene rings is 1. The smallest absolute Gasteiger partial charge is 0.333 e. The number of hydrogen-bond acceptors (Lipinski definition) is 16. The number of aliphatic hydroxyl groups is 4. The van der Waals surface area contributed by atoms with Crippen molar-refractivity contribution in [1.29, 1.82) is 0 Å². The van der Waals surface area contributed by atoms with E-state index in [1.807, 2.05) is 60.6 Å². The summed E-state index contributed by atoms with van der Waals surface area (Å²) in [5, 5.41) is 47.6. The van der Waals surface area contributed by atoms with Crippen LogP contribution >= 0.6 is 0 Å². The molecular formula is C47H60N4O13. The number of ether oxygens (including phenoxy) is 6. The Labute approximate surface area is 371 Å². The Morgan fingerprint density at radius 1 is 1.00 bits per heavy atom. The number of nitrogen functional groups attached to an aromatic ring is 1. The van der Waals surface area contributed by atoms with Crippen molar-refractivity contribution in [2.45, 2.75) is 147 Å². The Morgan fingerprint density at radius 3 is 2.36 bits per heavy atom. The molecule has 1 aromatic carbocycles. The van der Waals surface area contributed by atoms with Gasteiger partial charge in [0.1, 0.15) is 59.2 Å². The molecule has 3 saturated carbocycles. The first-order chi connectivity index (χ1) is 30.1. The van der Waals surface area contributed by atoms with Crippen LogP contribution in [0, 0.1) is 17.8 Å². The fourth-order valence-corrected chi connectivity index (χ4v) is 11.1. The molecule has 17 nitrogen and oxygen atoms in total. The lowest BCUT2D eigenvalue weighted by molar-refractivity contribution is -0.277. The van der Waals surface area contributed by atoms with Gasteiger partial charge in [0, 0.05) is 29.4 Å². The second-order valence-electron chi connectivity index (χ2n) is 19.3. The average Bonchev–Trinajstić information content (AvgIpc) is 3.73. The number of rotatable bonds is 12. The lowest BCUT2D eigenvalue weighted by Gasteiger charge is -2.62. The summed E-state index contributed by atoms with van der Waals surface area (Å²) in [6.07, 6.45) is 3.99. The zero-order valence-corrected chi connectivity index (χ0v) is 37.8. The third-order valence-electron chi connectivity index (χ3n) is 14.1. The molecule has 346 valence electrons. The van der Waals surface area contributed by atoms with Gasteiger partial charge in [-0.05, 0) is 93.2 Å². The van der Waals surface area contributed by atoms with Gasteiger partial charge in [0.15, 0.2) is 22.8 Å². The van der Waals surface area contributed by atoms with Crippen molar-refractivity contribution in [1.82, 2.24) is 14.8 Å². The lowest BCUT2D eigenvalue weighted by atomic mass is 9.45. The second kappa shape index (κ2) is 16.2. The third-order valence-corrected chi connectivity index (χ3v) is 14.1. The molecule has 5 heterocycles. The first-order valence-electron chi connectivity index (χ1n) is 21.9. The number of aliphatic hydroxyl groups excluding tert-OH is 4. The summed E-state index contributed by atoms with van der Waals surface area (Å²) in [4.78, 5) is 48.8. The zero-order chi connectivity index (χ0) is 46.4. The number of nitrogens with zero attached hydrogens (tertiary/aromatic N) is 3. The molecule has 4 aliphatic heterocycles. The monoisotopic (exact) mass is 888 g/mol. The van der Waals surface area contributed by atoms with E-state index in [1.165, 1.54) is 18.1 Å². The maximum atomic E-state index is 16.4. The van der Waals surface area contributed by atoms with Gasteiger partial charge >= 0.3 is 5.97 Å². The first-order valence-corrected chi connectivity index (χ1v) is 21.9. The molecule has 0 amide bonds. The molecule has 4 bridgehead atoms. The van der Waals surface area contributed by atoms with Gasteiger partial charge in [-0.1, -0.05) is 29.4 Å². The number of nitrogens with two attached hydrogens (primary N) is 1. The lowest BCUT2D eigenvalue weighted by Crippen LogP contribution is -2.78. The van der Waals surface area contributed by atoms with Crippen LogP contribution in [-0.4, -0.2) is 120 Å². The normalized spacial score (nSPS) is 35.4. The van der Waals surface area contributed by atoms with E-state index in [-0.39, 0.29) is 53.6 Å². The summed E-state index contributed by atoms with van der Waals surface area (Å²) in [6, 6.07) is -0.979. The van der Waals surface area contributed by atoms with Gasteiger partial charge in [-0.2, -0.15) is 0 Å². The molecule has 2 saturated heterocycles. The Bertz CT molecular complexity index is 2380. The number of fused-ring (bicyclic) bond motifs is 2. The van der Waals surface area contributed by atoms with E-state index >= 15 is 9.59 Å². The highest BCUT2D eigenvalue weighted by atomic mass is 16.7. The molecule has 9 rings (SSSR count). The number of carbonyl (C=O) groups excluding carboxylic acids is 3. The number of carbonyl (C=O) groups is 3. The van der Waals surface area contributed by atoms with Gasteiger partial charge in [0.25, 0.3) is 0 Å². The number of Topliss-reactive ketones (excluding diaryl/α,β-unsaturated/α-hetero) is 2. The predicted molar refractivity (Wildman–Crippen MR) is 230 cm³/mol. The average molecular weight is 889 g/mol. The van der Waals surface area contributed by atoms with Crippen molar-refractivity contribution in [2.75, 3.05) is 19.5 Å². The van der Waals surface area contributed by atoms with Crippen LogP contribution in [0.25, 0.3) is 6.08 Å². The minimum absolute atomic E-state index is 0.0448. The predicted octanol–water partition coefficient (Wildman–Crippen LogP) is 3.91. The highest BCUT2D eigenvalue weighted by Gasteiger charge is 2.86. The third kappa shape index (κ3) is 6.92. The largest absolute Gasteiger partial charge is 0.482 e. The standard InChI is InChI=1S/C47H60N4O13/c1-22(2)11-10-16-45(8)17-15-26-37(62-45)25(13-12-23(3)4)39-30(38(26)61-42-36(56)35(55)33(53)28(20-52)60-42)34(54)31-32(51-21-49-43(48)50-51)27-19-29-44(6,7)64-46(40(27)57,47(29,31)63-39)18-14-24(5)41(58)59-9/h11-12,14-15,17,21,27-29,31-33,35-36,42,52-53,55-56H,10,13,16,18-20H2,1-9H3,(H2,48,50)/t27?,28-,29?,31?,32?,33-,35+,36-,42+,45?,46?,47?/m0/s1. The molecule has 64 heavy (non-hydrogen) atoms. The summed E-state index contributed by atoms with van der Waals surface area (Å²) < 4.78 is 40.7. The Kier molecular flexibility index (Phi) is 11.6. The summed E-state index contributed by atoms with van der Waals surface area (Å²) >= 11 is 0. The van der Waals surface area contributed by atoms with Gasteiger partial charge in [-0.3, -0.25) is 9.59 Å². The minimum atomic E-state index is -1.84. The van der Waals surface area contributed by atoms with Gasteiger partial charge in [-0.15, -0.1) is 5.10 Å². The number of anilines is 1. The van der Waals surface area contributed by atoms with E-state index in [2.05, 4.69) is 16.2 Å². The van der Waals surface area contributed by atoms with E-state index < -0.39 is 95.3 Å². The van der Waals surface area contributed by atoms with Crippen molar-refractivity contribution in [3.8, 4) is 17.2 Å². The first kappa shape index (κ1) is 45.7. The highest BCUT2D eigenvalue weighted by Crippen LogP contribution is 2.72. The number of hydrogen-bond donors (Lipinski definition) is 5. The number of ketones is 2. The molecule has 1 spiro atoms. The van der Waals surface area contributed by atoms with Crippen molar-refractivity contribution in [2.24, 2.45) is 17.8 Å². The van der Waals surface area contributed by atoms with Crippen LogP contribution in [0.3, 0.4) is 0 Å². The summed E-state index contributed by atoms with van der Waals surface area (Å²) in [7, 11) is 1.27. The van der Waals surface area contributed by atoms with E-state index in [9.17, 15) is 25.2 Å². The quantitative estimate of drug-likeness (QED) is 0.115. The minimum Gasteiger partial charge on any atom is -0.482 e. The van der Waals surface area contributed by atoms with Crippen LogP contribution in [0.4, 0.5) is 5.95 Å². The SMILES string of the molecule is COC(=O)C(C)=CCC12OC(C)(C)C3CC(C1=O)C(n1cnc(N)n1)C1C(=O)c4c(O[C@H]5O[C@@H](CO)[C@H](O)[C@@H](O)[C@@H]5O)c5c(c(CC=C(C)C)c4OC132)OC(C)(CCC=C(C)C)C=C5. The Balaban J connectivity index is 1.43. The van der Waals surface area contributed by atoms with Crippen molar-refractivity contribution < 1.29 is 63.2 Å². The number of esters is 1. The molecule has 0 radical (unpaired) electrons. The van der Waals surface area contributed by atoms with Gasteiger partial charge < -0.3 is 54.6 Å². The van der Waals surface area contributed by atoms with E-state index in [0.29, 0.717) is 29.7 Å². The van der Waals surface area contributed by atoms with Crippen LogP contribution in [0.15, 0.2) is 47.4 Å². The number of allylic oxidation sites excluding steroid dienone is 4. The maximum absolute atomic E-state index is 16.4. The molecule has 3 aliphatic carbocycles. The van der Waals surface area contributed by atoms with Crippen LogP contribution in [0.5, 0.6) is 17.2 Å². The molecule has 2 aromatic rings. The van der Waals surface area contributed by atoms with E-state index in [0.717, 1.165) is 11.1 Å². The fraction of sp³-hybridized carbons (Fsp3) is 0.596. The maximum Gasteiger partial charge on any atom is 0.333 e. The van der Waals surface area contributed by atoms with Gasteiger partial charge in [0.2, 0.25) is 12.2 Å². The Morgan fingerprint density at radius 2 is 1.72 bits per heavy atom. The highest BCUT2D eigenvalue weighted by molar-refractivity contribution is 6.10. The number of aromatic nitrogens is 3. The van der Waals surface area contributed by atoms with Crippen molar-refractivity contribution in [3.63, 3.8) is 0 Å². The van der Waals surface area contributed by atoms with E-state index in [1.54, 1.807) is 19.1 Å². The molecule has 17 heteroatoms. The molecule has 7 unspecified atom stereocenters. The summed E-state index contributed by atoms with van der Waals surface area (Å²) in [5.41, 5.74) is 3.72. The second-order valence-corrected chi connectivity index (χ2v) is 19.3. The van der Waals surface area contributed by atoms with Crippen molar-refractivity contribution in [3.05, 3.63) is 64.0 Å². The van der Waals surface area contributed by atoms with E-state index in [4.69, 9.17) is 34.2 Å². The van der Waals surface area contributed by atoms with Gasteiger partial charge in [0.05, 0.1) is 36.8 Å². The van der Waals surface area contributed by atoms with Crippen LogP contribution in [-0.2, 0) is 30.2 Å². The fourth-order valence-electron chi connectivity index (χ4n) is 11.1. The topological polar surface area (TPSA) is 244 Å². The number of methoxy groups -OCH3 is 1. The van der Waals surface area contributed by atoms with Crippen LogP contribution in [0.1, 0.15) is 109 Å². The molecule has 6 N–H and O–H groups in total. The molecule has 7 aliphatic rings. The summed E-state index contributed by atoms with van der Waals surface area (Å²) in [5.74, 6) is -3.88. The summed E-state index contributed by atoms with van der Waals surface area (Å²) in [6.45, 7) is 14.5. The van der Waals surface area contributed by atoms with Gasteiger partial charge in [-0.25, -0.2) is 14.5 Å². The molecular weight excluding hydrogens is 829 g/mol. The Hall–Kier alpha value is -4.91. The molecule has 12 atom stereocenters. The van der Waals surface area contributed by atoms with Crippen LogP contribution in [0.2, 0.25) is 0 Å². The molecule has 1 aromatic heterocycles. The molecule has 5 fully saturated rings. The zero-order valence-electron chi connectivity index (χ0n) is 37.8. The van der Waals surface area contributed by atoms with Crippen LogP contribution < -0.4 is 19.9 Å².